The quantitative estimate of drug-likeness (QED) is 0.300. The van der Waals surface area contributed by atoms with Crippen molar-refractivity contribution in [1.82, 2.24) is 0 Å². The zero-order valence-electron chi connectivity index (χ0n) is 17.8. The van der Waals surface area contributed by atoms with E-state index in [0.717, 1.165) is 22.3 Å². The van der Waals surface area contributed by atoms with Crippen LogP contribution in [0.5, 0.6) is 0 Å². The van der Waals surface area contributed by atoms with E-state index >= 15 is 0 Å². The Morgan fingerprint density at radius 3 is 2.00 bits per heavy atom. The first-order valence-electron chi connectivity index (χ1n) is 10.4. The molecule has 4 aromatic rings. The summed E-state index contributed by atoms with van der Waals surface area (Å²) in [6.45, 7) is 12.2. The van der Waals surface area contributed by atoms with E-state index in [-0.39, 0.29) is 0 Å². The van der Waals surface area contributed by atoms with Crippen LogP contribution in [-0.4, -0.2) is 0 Å². The molecule has 0 saturated carbocycles. The standard InChI is InChI=1S/C28H22.C2H6/c1-3-22(20-21(2)23-10-5-4-6-11-23)24-16-18-26(19-17-24)28-15-9-13-25-12-7-8-14-27(25)28;1-2/h3-20H,1-2H2;1-2H3/b22-20+;. The van der Waals surface area contributed by atoms with Crippen molar-refractivity contribution in [3.63, 3.8) is 0 Å². The van der Waals surface area contributed by atoms with Crippen LogP contribution in [0.4, 0.5) is 0 Å². The first-order chi connectivity index (χ1) is 14.8. The maximum atomic E-state index is 4.21. The van der Waals surface area contributed by atoms with Crippen molar-refractivity contribution in [1.29, 1.82) is 0 Å². The molecule has 4 aromatic carbocycles. The van der Waals surface area contributed by atoms with Crippen LogP contribution in [-0.2, 0) is 0 Å². The third kappa shape index (κ3) is 4.67. The molecule has 0 aliphatic rings. The molecule has 0 heterocycles. The molecule has 0 saturated heterocycles. The lowest BCUT2D eigenvalue weighted by molar-refractivity contribution is 1.50. The van der Waals surface area contributed by atoms with E-state index < -0.39 is 0 Å². The number of allylic oxidation sites excluding steroid dienone is 4. The second-order valence-corrected chi connectivity index (χ2v) is 6.80. The van der Waals surface area contributed by atoms with Crippen molar-refractivity contribution in [2.45, 2.75) is 13.8 Å². The molecule has 0 bridgehead atoms. The summed E-state index contributed by atoms with van der Waals surface area (Å²) in [5, 5.41) is 2.53. The minimum absolute atomic E-state index is 0.980. The van der Waals surface area contributed by atoms with E-state index in [0.29, 0.717) is 0 Å². The highest BCUT2D eigenvalue weighted by molar-refractivity contribution is 5.97. The first kappa shape index (κ1) is 21.1. The zero-order valence-corrected chi connectivity index (χ0v) is 17.8. The third-order valence-corrected chi connectivity index (χ3v) is 5.01. The molecule has 0 heteroatoms. The lowest BCUT2D eigenvalue weighted by Gasteiger charge is -2.09. The first-order valence-corrected chi connectivity index (χ1v) is 10.4. The number of hydrogen-bond donors (Lipinski definition) is 0. The van der Waals surface area contributed by atoms with E-state index in [1.165, 1.54) is 21.9 Å². The predicted molar refractivity (Wildman–Crippen MR) is 134 cm³/mol. The Morgan fingerprint density at radius 1 is 0.667 bits per heavy atom. The molecule has 0 fully saturated rings. The van der Waals surface area contributed by atoms with Crippen LogP contribution >= 0.6 is 0 Å². The van der Waals surface area contributed by atoms with Crippen molar-refractivity contribution in [3.05, 3.63) is 133 Å². The van der Waals surface area contributed by atoms with Crippen LogP contribution in [0.3, 0.4) is 0 Å². The normalized spacial score (nSPS) is 10.8. The van der Waals surface area contributed by atoms with Gasteiger partial charge in [-0.15, -0.1) is 0 Å². The van der Waals surface area contributed by atoms with Gasteiger partial charge in [-0.25, -0.2) is 0 Å². The van der Waals surface area contributed by atoms with E-state index in [2.05, 4.69) is 98.1 Å². The lowest BCUT2D eigenvalue weighted by atomic mass is 9.95. The van der Waals surface area contributed by atoms with E-state index in [9.17, 15) is 0 Å². The van der Waals surface area contributed by atoms with Gasteiger partial charge in [-0.05, 0) is 50.2 Å². The summed E-state index contributed by atoms with van der Waals surface area (Å²) in [5.41, 5.74) is 6.77. The molecule has 0 atom stereocenters. The molecule has 0 nitrogen and oxygen atoms in total. The summed E-state index contributed by atoms with van der Waals surface area (Å²) in [5.74, 6) is 0. The van der Waals surface area contributed by atoms with Crippen molar-refractivity contribution in [3.8, 4) is 11.1 Å². The summed E-state index contributed by atoms with van der Waals surface area (Å²) in [6.07, 6.45) is 3.98. The second-order valence-electron chi connectivity index (χ2n) is 6.80. The van der Waals surface area contributed by atoms with Crippen molar-refractivity contribution in [2.75, 3.05) is 0 Å². The molecule has 0 amide bonds. The van der Waals surface area contributed by atoms with Crippen LogP contribution in [0.2, 0.25) is 0 Å². The monoisotopic (exact) mass is 388 g/mol. The molecule has 148 valence electrons. The van der Waals surface area contributed by atoms with Crippen LogP contribution in [0.1, 0.15) is 25.0 Å². The fraction of sp³-hybridized carbons (Fsp3) is 0.0667. The van der Waals surface area contributed by atoms with E-state index in [1.807, 2.05) is 38.1 Å². The average Bonchev–Trinajstić information content (AvgIpc) is 2.84. The van der Waals surface area contributed by atoms with Crippen LogP contribution in [0.25, 0.3) is 33.0 Å². The highest BCUT2D eigenvalue weighted by Gasteiger charge is 2.05. The van der Waals surface area contributed by atoms with Gasteiger partial charge in [-0.2, -0.15) is 0 Å². The summed E-state index contributed by atoms with van der Waals surface area (Å²) in [7, 11) is 0. The maximum Gasteiger partial charge on any atom is -0.0105 e. The Kier molecular flexibility index (Phi) is 7.19. The Morgan fingerprint density at radius 2 is 1.30 bits per heavy atom. The van der Waals surface area contributed by atoms with Gasteiger partial charge in [-0.1, -0.05) is 130 Å². The van der Waals surface area contributed by atoms with Crippen LogP contribution in [0.15, 0.2) is 122 Å². The van der Waals surface area contributed by atoms with Crippen molar-refractivity contribution >= 4 is 21.9 Å². The minimum atomic E-state index is 0.980. The number of fused-ring (bicyclic) bond motifs is 1. The van der Waals surface area contributed by atoms with Gasteiger partial charge < -0.3 is 0 Å². The topological polar surface area (TPSA) is 0 Å². The van der Waals surface area contributed by atoms with Gasteiger partial charge in [0.05, 0.1) is 0 Å². The molecule has 0 aliphatic heterocycles. The number of benzene rings is 4. The maximum absolute atomic E-state index is 4.21. The highest BCUT2D eigenvalue weighted by atomic mass is 14.1. The average molecular weight is 389 g/mol. The Labute approximate surface area is 180 Å². The molecular formula is C30H28. The molecule has 0 aromatic heterocycles. The summed E-state index contributed by atoms with van der Waals surface area (Å²) in [6, 6.07) is 33.8. The van der Waals surface area contributed by atoms with Gasteiger partial charge in [0.1, 0.15) is 0 Å². The second kappa shape index (κ2) is 10.2. The molecule has 30 heavy (non-hydrogen) atoms. The van der Waals surface area contributed by atoms with Crippen molar-refractivity contribution in [2.24, 2.45) is 0 Å². The summed E-state index contributed by atoms with van der Waals surface area (Å²) < 4.78 is 0. The lowest BCUT2D eigenvalue weighted by Crippen LogP contribution is -1.86. The van der Waals surface area contributed by atoms with E-state index in [4.69, 9.17) is 0 Å². The molecule has 0 radical (unpaired) electrons. The largest absolute Gasteiger partial charge is 0.0984 e. The Bertz CT molecular complexity index is 1150. The fourth-order valence-electron chi connectivity index (χ4n) is 3.50. The SMILES string of the molecule is C=C/C(=C\C(=C)c1ccccc1)c1ccc(-c2cccc3ccccc23)cc1.CC. The number of hydrogen-bond acceptors (Lipinski definition) is 0. The molecule has 0 aliphatic carbocycles. The van der Waals surface area contributed by atoms with Gasteiger partial charge in [0.15, 0.2) is 0 Å². The van der Waals surface area contributed by atoms with Gasteiger partial charge in [0.25, 0.3) is 0 Å². The predicted octanol–water partition coefficient (Wildman–Crippen LogP) is 8.82. The summed E-state index contributed by atoms with van der Waals surface area (Å²) >= 11 is 0. The fourth-order valence-corrected chi connectivity index (χ4v) is 3.50. The molecule has 0 N–H and O–H groups in total. The molecule has 0 spiro atoms. The summed E-state index contributed by atoms with van der Waals surface area (Å²) in [4.78, 5) is 0. The van der Waals surface area contributed by atoms with Gasteiger partial charge in [0, 0.05) is 0 Å². The van der Waals surface area contributed by atoms with Crippen LogP contribution in [0, 0.1) is 0 Å². The van der Waals surface area contributed by atoms with Gasteiger partial charge in [-0.3, -0.25) is 0 Å². The molecule has 4 rings (SSSR count). The van der Waals surface area contributed by atoms with Crippen molar-refractivity contribution < 1.29 is 0 Å². The zero-order chi connectivity index (χ0) is 21.3. The highest BCUT2D eigenvalue weighted by Crippen LogP contribution is 2.30. The van der Waals surface area contributed by atoms with Gasteiger partial charge in [0.2, 0.25) is 0 Å². The van der Waals surface area contributed by atoms with Gasteiger partial charge >= 0.3 is 0 Å². The third-order valence-electron chi connectivity index (χ3n) is 5.01. The van der Waals surface area contributed by atoms with E-state index in [1.54, 1.807) is 0 Å². The molecular weight excluding hydrogens is 360 g/mol. The van der Waals surface area contributed by atoms with Crippen LogP contribution < -0.4 is 0 Å². The molecule has 0 unspecified atom stereocenters. The smallest absolute Gasteiger partial charge is 0.0105 e. The Balaban J connectivity index is 0.00000124. The minimum Gasteiger partial charge on any atom is -0.0984 e. The number of rotatable bonds is 5. The Hall–Kier alpha value is -3.64.